The highest BCUT2D eigenvalue weighted by molar-refractivity contribution is 5.72. The topological polar surface area (TPSA) is 55.8 Å². The Balaban J connectivity index is 2.00. The summed E-state index contributed by atoms with van der Waals surface area (Å²) in [5, 5.41) is 9.18. The van der Waals surface area contributed by atoms with Gasteiger partial charge in [-0.05, 0) is 43.7 Å². The summed E-state index contributed by atoms with van der Waals surface area (Å²) in [5.41, 5.74) is 0.897. The van der Waals surface area contributed by atoms with E-state index in [0.29, 0.717) is 12.2 Å². The highest BCUT2D eigenvalue weighted by Crippen LogP contribution is 2.21. The molecule has 4 heteroatoms. The van der Waals surface area contributed by atoms with Crippen molar-refractivity contribution in [2.75, 3.05) is 0 Å². The van der Waals surface area contributed by atoms with Crippen molar-refractivity contribution in [1.82, 2.24) is 0 Å². The highest BCUT2D eigenvalue weighted by atomic mass is 16.5. The van der Waals surface area contributed by atoms with Gasteiger partial charge in [-0.1, -0.05) is 30.3 Å². The third-order valence-electron chi connectivity index (χ3n) is 3.04. The Labute approximate surface area is 130 Å². The summed E-state index contributed by atoms with van der Waals surface area (Å²) in [6.45, 7) is 3.65. The van der Waals surface area contributed by atoms with Gasteiger partial charge in [-0.2, -0.15) is 0 Å². The van der Waals surface area contributed by atoms with Crippen molar-refractivity contribution in [3.63, 3.8) is 0 Å². The molecule has 2 aromatic carbocycles. The van der Waals surface area contributed by atoms with Crippen LogP contribution in [0.1, 0.15) is 19.4 Å². The Kier molecular flexibility index (Phi) is 5.55. The maximum absolute atomic E-state index is 11.2. The van der Waals surface area contributed by atoms with E-state index in [0.717, 1.165) is 11.3 Å². The Hall–Kier alpha value is -2.33. The number of hydrogen-bond acceptors (Lipinski definition) is 3. The molecule has 0 amide bonds. The molecule has 22 heavy (non-hydrogen) atoms. The number of carboxylic acids is 1. The van der Waals surface area contributed by atoms with Gasteiger partial charge in [0, 0.05) is 6.42 Å². The van der Waals surface area contributed by atoms with Crippen LogP contribution in [0.3, 0.4) is 0 Å². The first-order chi connectivity index (χ1) is 10.5. The van der Waals surface area contributed by atoms with E-state index in [1.54, 1.807) is 0 Å². The minimum atomic E-state index is -0.946. The second-order valence-electron chi connectivity index (χ2n) is 5.27. The first kappa shape index (κ1) is 16.0. The Morgan fingerprint density at radius 2 is 1.59 bits per heavy atom. The first-order valence-electron chi connectivity index (χ1n) is 7.24. The average molecular weight is 300 g/mol. The third-order valence-corrected chi connectivity index (χ3v) is 3.04. The van der Waals surface area contributed by atoms with E-state index < -0.39 is 12.1 Å². The number of para-hydroxylation sites is 1. The highest BCUT2D eigenvalue weighted by Gasteiger charge is 2.20. The van der Waals surface area contributed by atoms with Crippen LogP contribution in [0.15, 0.2) is 54.6 Å². The van der Waals surface area contributed by atoms with Gasteiger partial charge < -0.3 is 14.6 Å². The zero-order valence-electron chi connectivity index (χ0n) is 12.7. The smallest absolute Gasteiger partial charge is 0.333 e. The van der Waals surface area contributed by atoms with Crippen molar-refractivity contribution in [1.29, 1.82) is 0 Å². The molecular formula is C18H20O4. The van der Waals surface area contributed by atoms with Gasteiger partial charge in [-0.3, -0.25) is 0 Å². The Morgan fingerprint density at radius 3 is 2.14 bits per heavy atom. The maximum Gasteiger partial charge on any atom is 0.333 e. The molecule has 0 bridgehead atoms. The quantitative estimate of drug-likeness (QED) is 0.842. The van der Waals surface area contributed by atoms with Crippen LogP contribution in [0, 0.1) is 0 Å². The maximum atomic E-state index is 11.2. The number of aliphatic carboxylic acids is 1. The van der Waals surface area contributed by atoms with Gasteiger partial charge in [0.05, 0.1) is 6.10 Å². The predicted molar refractivity (Wildman–Crippen MR) is 84.3 cm³/mol. The number of ether oxygens (including phenoxy) is 2. The molecule has 0 aromatic heterocycles. The van der Waals surface area contributed by atoms with Crippen LogP contribution in [0.25, 0.3) is 0 Å². The van der Waals surface area contributed by atoms with Crippen molar-refractivity contribution in [3.8, 4) is 11.5 Å². The van der Waals surface area contributed by atoms with Crippen LogP contribution in [-0.4, -0.2) is 23.3 Å². The van der Waals surface area contributed by atoms with Crippen LogP contribution in [0.2, 0.25) is 0 Å². The minimum Gasteiger partial charge on any atom is -0.479 e. The van der Waals surface area contributed by atoms with Crippen LogP contribution in [-0.2, 0) is 16.0 Å². The van der Waals surface area contributed by atoms with E-state index >= 15 is 0 Å². The van der Waals surface area contributed by atoms with Crippen molar-refractivity contribution >= 4 is 5.97 Å². The van der Waals surface area contributed by atoms with Crippen molar-refractivity contribution in [2.24, 2.45) is 0 Å². The summed E-state index contributed by atoms with van der Waals surface area (Å²) in [6, 6.07) is 16.9. The van der Waals surface area contributed by atoms with Gasteiger partial charge in [-0.15, -0.1) is 0 Å². The van der Waals surface area contributed by atoms with Crippen molar-refractivity contribution < 1.29 is 19.4 Å². The van der Waals surface area contributed by atoms with E-state index in [4.69, 9.17) is 9.47 Å². The van der Waals surface area contributed by atoms with E-state index in [1.165, 1.54) is 0 Å². The molecule has 116 valence electrons. The normalized spacial score (nSPS) is 12.1. The van der Waals surface area contributed by atoms with E-state index in [-0.39, 0.29) is 6.10 Å². The monoisotopic (exact) mass is 300 g/mol. The first-order valence-corrected chi connectivity index (χ1v) is 7.24. The van der Waals surface area contributed by atoms with Gasteiger partial charge >= 0.3 is 5.97 Å². The van der Waals surface area contributed by atoms with Gasteiger partial charge in [0.15, 0.2) is 6.10 Å². The summed E-state index contributed by atoms with van der Waals surface area (Å²) in [6.07, 6.45) is -0.623. The van der Waals surface area contributed by atoms with E-state index in [1.807, 2.05) is 68.4 Å². The standard InChI is InChI=1S/C18H20O4/c1-13(2)21-17(18(19)20)12-14-8-10-16(11-9-14)22-15-6-4-3-5-7-15/h3-11,13,17H,12H2,1-2H3,(H,19,20)/t17-/m0/s1. The fourth-order valence-corrected chi connectivity index (χ4v) is 2.05. The molecule has 1 atom stereocenters. The minimum absolute atomic E-state index is 0.123. The lowest BCUT2D eigenvalue weighted by Gasteiger charge is -2.16. The summed E-state index contributed by atoms with van der Waals surface area (Å²) >= 11 is 0. The molecule has 0 saturated heterocycles. The Morgan fingerprint density at radius 1 is 1.00 bits per heavy atom. The van der Waals surface area contributed by atoms with Crippen LogP contribution in [0.4, 0.5) is 0 Å². The zero-order valence-corrected chi connectivity index (χ0v) is 12.7. The van der Waals surface area contributed by atoms with Gasteiger partial charge in [0.1, 0.15) is 11.5 Å². The predicted octanol–water partition coefficient (Wildman–Crippen LogP) is 3.90. The van der Waals surface area contributed by atoms with Gasteiger partial charge in [0.2, 0.25) is 0 Å². The van der Waals surface area contributed by atoms with Crippen LogP contribution >= 0.6 is 0 Å². The molecule has 0 aliphatic rings. The van der Waals surface area contributed by atoms with E-state index in [2.05, 4.69) is 0 Å². The lowest BCUT2D eigenvalue weighted by molar-refractivity contribution is -0.153. The largest absolute Gasteiger partial charge is 0.479 e. The second kappa shape index (κ2) is 7.61. The molecule has 0 aliphatic heterocycles. The summed E-state index contributed by atoms with van der Waals surface area (Å²) in [7, 11) is 0. The van der Waals surface area contributed by atoms with Crippen LogP contribution < -0.4 is 4.74 Å². The molecule has 0 saturated carbocycles. The van der Waals surface area contributed by atoms with Crippen LogP contribution in [0.5, 0.6) is 11.5 Å². The number of rotatable bonds is 7. The summed E-state index contributed by atoms with van der Waals surface area (Å²) in [5.74, 6) is 0.534. The SMILES string of the molecule is CC(C)O[C@@H](Cc1ccc(Oc2ccccc2)cc1)C(=O)O. The molecule has 1 N–H and O–H groups in total. The lowest BCUT2D eigenvalue weighted by Crippen LogP contribution is -2.29. The fraction of sp³-hybridized carbons (Fsp3) is 0.278. The molecule has 0 radical (unpaired) electrons. The number of benzene rings is 2. The molecule has 4 nitrogen and oxygen atoms in total. The molecular weight excluding hydrogens is 280 g/mol. The lowest BCUT2D eigenvalue weighted by atomic mass is 10.1. The van der Waals surface area contributed by atoms with Gasteiger partial charge in [0.25, 0.3) is 0 Å². The molecule has 0 fully saturated rings. The van der Waals surface area contributed by atoms with E-state index in [9.17, 15) is 9.90 Å². The molecule has 0 heterocycles. The summed E-state index contributed by atoms with van der Waals surface area (Å²) in [4.78, 5) is 11.2. The number of hydrogen-bond donors (Lipinski definition) is 1. The third kappa shape index (κ3) is 4.90. The molecule has 2 aromatic rings. The number of carbonyl (C=O) groups is 1. The van der Waals surface area contributed by atoms with Crippen molar-refractivity contribution in [2.45, 2.75) is 32.5 Å². The van der Waals surface area contributed by atoms with Gasteiger partial charge in [-0.25, -0.2) is 4.79 Å². The van der Waals surface area contributed by atoms with Crippen molar-refractivity contribution in [3.05, 3.63) is 60.2 Å². The summed E-state index contributed by atoms with van der Waals surface area (Å²) < 4.78 is 11.1. The Bertz CT molecular complexity index is 590. The number of carboxylic acid groups (broad SMARTS) is 1. The average Bonchev–Trinajstić information content (AvgIpc) is 2.49. The zero-order chi connectivity index (χ0) is 15.9. The molecule has 0 spiro atoms. The molecule has 0 aliphatic carbocycles. The molecule has 0 unspecified atom stereocenters. The molecule has 2 rings (SSSR count). The second-order valence-corrected chi connectivity index (χ2v) is 5.27. The fourth-order valence-electron chi connectivity index (χ4n) is 2.05.